The fourth-order valence-corrected chi connectivity index (χ4v) is 4.02. The maximum absolute atomic E-state index is 5.37. The van der Waals surface area contributed by atoms with Crippen LogP contribution < -0.4 is 4.74 Å². The van der Waals surface area contributed by atoms with Crippen LogP contribution in [0.5, 0.6) is 5.75 Å². The largest absolute Gasteiger partial charge is 0.497 e. The van der Waals surface area contributed by atoms with Gasteiger partial charge in [0.05, 0.1) is 18.1 Å². The van der Waals surface area contributed by atoms with Crippen LogP contribution in [0.1, 0.15) is 5.56 Å². The highest BCUT2D eigenvalue weighted by Crippen LogP contribution is 2.41. The third kappa shape index (κ3) is 2.57. The van der Waals surface area contributed by atoms with Gasteiger partial charge in [-0.1, -0.05) is 60.2 Å². The van der Waals surface area contributed by atoms with Crippen molar-refractivity contribution in [1.29, 1.82) is 0 Å². The van der Waals surface area contributed by atoms with Crippen LogP contribution in [0.15, 0.2) is 91.1 Å². The summed E-state index contributed by atoms with van der Waals surface area (Å²) in [5.74, 6) is 0.869. The van der Waals surface area contributed by atoms with E-state index in [1.807, 2.05) is 12.1 Å². The molecular weight excluding hydrogens is 342 g/mol. The Morgan fingerprint density at radius 2 is 1.29 bits per heavy atom. The number of fused-ring (bicyclic) bond motifs is 3. The van der Waals surface area contributed by atoms with Crippen molar-refractivity contribution in [1.82, 2.24) is 4.40 Å². The lowest BCUT2D eigenvalue weighted by Crippen LogP contribution is -1.95. The molecule has 0 saturated heterocycles. The van der Waals surface area contributed by atoms with Gasteiger partial charge in [-0.2, -0.15) is 0 Å². The molecule has 5 aromatic rings. The van der Waals surface area contributed by atoms with E-state index < -0.39 is 0 Å². The zero-order valence-electron chi connectivity index (χ0n) is 16.0. The lowest BCUT2D eigenvalue weighted by molar-refractivity contribution is 0.415. The van der Waals surface area contributed by atoms with Crippen LogP contribution >= 0.6 is 0 Å². The molecule has 0 atom stereocenters. The van der Waals surface area contributed by atoms with E-state index in [9.17, 15) is 0 Å². The van der Waals surface area contributed by atoms with Crippen LogP contribution in [0.3, 0.4) is 0 Å². The Morgan fingerprint density at radius 3 is 2.04 bits per heavy atom. The molecule has 3 aromatic carbocycles. The Morgan fingerprint density at radius 1 is 0.643 bits per heavy atom. The first-order chi connectivity index (χ1) is 13.8. The fraction of sp³-hybridized carbons (Fsp3) is 0.0769. The summed E-state index contributed by atoms with van der Waals surface area (Å²) in [6.45, 7) is 2.13. The molecule has 0 saturated carbocycles. The van der Waals surface area contributed by atoms with Crippen LogP contribution in [0, 0.1) is 6.92 Å². The summed E-state index contributed by atoms with van der Waals surface area (Å²) in [5, 5.41) is 1.24. The monoisotopic (exact) mass is 363 g/mol. The number of aryl methyl sites for hydroxylation is 1. The number of benzene rings is 3. The number of hydrogen-bond donors (Lipinski definition) is 0. The average molecular weight is 363 g/mol. The van der Waals surface area contributed by atoms with Crippen LogP contribution in [-0.2, 0) is 0 Å². The van der Waals surface area contributed by atoms with Crippen molar-refractivity contribution < 1.29 is 4.74 Å². The molecule has 2 nitrogen and oxygen atoms in total. The Kier molecular flexibility index (Phi) is 3.91. The first-order valence-electron chi connectivity index (χ1n) is 9.49. The topological polar surface area (TPSA) is 13.6 Å². The molecule has 5 rings (SSSR count). The highest BCUT2D eigenvalue weighted by atomic mass is 16.5. The zero-order valence-corrected chi connectivity index (χ0v) is 16.0. The maximum atomic E-state index is 5.37. The molecule has 0 bridgehead atoms. The van der Waals surface area contributed by atoms with Crippen LogP contribution in [0.4, 0.5) is 0 Å². The Labute approximate surface area is 164 Å². The number of methoxy groups -OCH3 is 1. The molecule has 0 amide bonds. The number of para-hydroxylation sites is 1. The highest BCUT2D eigenvalue weighted by Gasteiger charge is 2.17. The van der Waals surface area contributed by atoms with Gasteiger partial charge in [0.2, 0.25) is 0 Å². The van der Waals surface area contributed by atoms with E-state index in [2.05, 4.69) is 90.3 Å². The molecule has 2 aromatic heterocycles. The highest BCUT2D eigenvalue weighted by molar-refractivity contribution is 6.08. The van der Waals surface area contributed by atoms with Gasteiger partial charge in [0.1, 0.15) is 5.75 Å². The first-order valence-corrected chi connectivity index (χ1v) is 9.49. The van der Waals surface area contributed by atoms with Gasteiger partial charge in [0.15, 0.2) is 0 Å². The third-order valence-electron chi connectivity index (χ3n) is 5.41. The van der Waals surface area contributed by atoms with Gasteiger partial charge in [0, 0.05) is 22.7 Å². The number of ether oxygens (including phenoxy) is 1. The summed E-state index contributed by atoms with van der Waals surface area (Å²) >= 11 is 0. The second-order valence-corrected chi connectivity index (χ2v) is 7.13. The molecule has 0 radical (unpaired) electrons. The van der Waals surface area contributed by atoms with Gasteiger partial charge in [-0.15, -0.1) is 0 Å². The maximum Gasteiger partial charge on any atom is 0.118 e. The molecule has 0 aliphatic heterocycles. The molecule has 28 heavy (non-hydrogen) atoms. The first kappa shape index (κ1) is 16.6. The molecule has 2 heteroatoms. The van der Waals surface area contributed by atoms with E-state index in [1.165, 1.54) is 44.2 Å². The third-order valence-corrected chi connectivity index (χ3v) is 5.41. The normalized spacial score (nSPS) is 11.2. The fourth-order valence-electron chi connectivity index (χ4n) is 4.02. The second-order valence-electron chi connectivity index (χ2n) is 7.13. The van der Waals surface area contributed by atoms with E-state index in [4.69, 9.17) is 4.74 Å². The smallest absolute Gasteiger partial charge is 0.118 e. The molecular formula is C26H21NO. The summed E-state index contributed by atoms with van der Waals surface area (Å²) in [7, 11) is 1.70. The van der Waals surface area contributed by atoms with Crippen molar-refractivity contribution in [2.75, 3.05) is 7.11 Å². The Hall–Kier alpha value is -3.52. The standard InChI is InChI=1S/C26H21NO/c1-18-9-11-20(12-10-18)26-24-8-5-17-27(24)23-7-4-3-6-22(23)25(26)19-13-15-21(28-2)16-14-19/h3-17H,1-2H3. The average Bonchev–Trinajstić information content (AvgIpc) is 3.23. The van der Waals surface area contributed by atoms with E-state index in [0.717, 1.165) is 5.75 Å². The lowest BCUT2D eigenvalue weighted by Gasteiger charge is -2.18. The van der Waals surface area contributed by atoms with Gasteiger partial charge < -0.3 is 9.14 Å². The minimum Gasteiger partial charge on any atom is -0.497 e. The quantitative estimate of drug-likeness (QED) is 0.346. The summed E-state index contributed by atoms with van der Waals surface area (Å²) in [6, 6.07) is 30.1. The molecule has 0 fully saturated rings. The summed E-state index contributed by atoms with van der Waals surface area (Å²) in [4.78, 5) is 0. The minimum absolute atomic E-state index is 0.869. The van der Waals surface area contributed by atoms with E-state index in [1.54, 1.807) is 7.11 Å². The summed E-state index contributed by atoms with van der Waals surface area (Å²) in [6.07, 6.45) is 2.15. The van der Waals surface area contributed by atoms with Gasteiger partial charge in [0.25, 0.3) is 0 Å². The van der Waals surface area contributed by atoms with Gasteiger partial charge >= 0.3 is 0 Å². The minimum atomic E-state index is 0.869. The number of hydrogen-bond acceptors (Lipinski definition) is 1. The summed E-state index contributed by atoms with van der Waals surface area (Å²) in [5.41, 5.74) is 8.63. The van der Waals surface area contributed by atoms with Crippen molar-refractivity contribution >= 4 is 16.4 Å². The van der Waals surface area contributed by atoms with E-state index >= 15 is 0 Å². The van der Waals surface area contributed by atoms with E-state index in [0.29, 0.717) is 0 Å². The number of aromatic nitrogens is 1. The lowest BCUT2D eigenvalue weighted by atomic mass is 9.90. The predicted molar refractivity (Wildman–Crippen MR) is 117 cm³/mol. The molecule has 136 valence electrons. The van der Waals surface area contributed by atoms with Crippen LogP contribution in [-0.4, -0.2) is 11.5 Å². The molecule has 0 aliphatic rings. The van der Waals surface area contributed by atoms with Crippen LogP contribution in [0.25, 0.3) is 38.7 Å². The van der Waals surface area contributed by atoms with Gasteiger partial charge in [-0.25, -0.2) is 0 Å². The van der Waals surface area contributed by atoms with Crippen LogP contribution in [0.2, 0.25) is 0 Å². The number of pyridine rings is 1. The van der Waals surface area contributed by atoms with Crippen molar-refractivity contribution in [3.63, 3.8) is 0 Å². The van der Waals surface area contributed by atoms with Crippen molar-refractivity contribution in [3.8, 4) is 28.0 Å². The molecule has 2 heterocycles. The van der Waals surface area contributed by atoms with E-state index in [-0.39, 0.29) is 0 Å². The Bertz CT molecular complexity index is 1280. The molecule has 0 N–H and O–H groups in total. The second kappa shape index (κ2) is 6.58. The predicted octanol–water partition coefficient (Wildman–Crippen LogP) is 6.74. The van der Waals surface area contributed by atoms with Gasteiger partial charge in [-0.3, -0.25) is 0 Å². The van der Waals surface area contributed by atoms with Crippen molar-refractivity contribution in [2.45, 2.75) is 6.92 Å². The van der Waals surface area contributed by atoms with Crippen molar-refractivity contribution in [2.24, 2.45) is 0 Å². The molecule has 0 aliphatic carbocycles. The Balaban J connectivity index is 1.94. The molecule has 0 unspecified atom stereocenters. The van der Waals surface area contributed by atoms with Gasteiger partial charge in [-0.05, 0) is 48.4 Å². The SMILES string of the molecule is COc1ccc(-c2c(-c3ccc(C)cc3)c3cccn3c3ccccc23)cc1. The number of nitrogens with zero attached hydrogens (tertiary/aromatic N) is 1. The number of rotatable bonds is 3. The zero-order chi connectivity index (χ0) is 19.1. The summed E-state index contributed by atoms with van der Waals surface area (Å²) < 4.78 is 7.66. The van der Waals surface area contributed by atoms with Crippen molar-refractivity contribution in [3.05, 3.63) is 96.7 Å². The molecule has 0 spiro atoms.